The van der Waals surface area contributed by atoms with Crippen LogP contribution in [0.5, 0.6) is 11.5 Å². The maximum absolute atomic E-state index is 12.5. The quantitative estimate of drug-likeness (QED) is 0.754. The van der Waals surface area contributed by atoms with Crippen molar-refractivity contribution in [2.24, 2.45) is 5.92 Å². The minimum Gasteiger partial charge on any atom is -0.497 e. The number of carbonyl (C=O) groups is 1. The summed E-state index contributed by atoms with van der Waals surface area (Å²) in [4.78, 5) is 14.8. The van der Waals surface area contributed by atoms with Gasteiger partial charge in [0.2, 0.25) is 5.91 Å². The van der Waals surface area contributed by atoms with E-state index in [1.807, 2.05) is 25.1 Å². The van der Waals surface area contributed by atoms with Crippen LogP contribution in [-0.4, -0.2) is 44.2 Å². The van der Waals surface area contributed by atoms with Crippen LogP contribution in [0.15, 0.2) is 18.2 Å². The summed E-state index contributed by atoms with van der Waals surface area (Å²) < 4.78 is 10.7. The average Bonchev–Trinajstić information content (AvgIpc) is 3.37. The van der Waals surface area contributed by atoms with Gasteiger partial charge in [-0.2, -0.15) is 0 Å². The van der Waals surface area contributed by atoms with Gasteiger partial charge >= 0.3 is 0 Å². The normalized spacial score (nSPS) is 15.5. The maximum atomic E-state index is 12.5. The van der Waals surface area contributed by atoms with E-state index in [4.69, 9.17) is 9.47 Å². The summed E-state index contributed by atoms with van der Waals surface area (Å²) in [6, 6.07) is 6.08. The molecule has 0 spiro atoms. The van der Waals surface area contributed by atoms with Crippen molar-refractivity contribution in [3.05, 3.63) is 23.8 Å². The van der Waals surface area contributed by atoms with E-state index in [1.165, 1.54) is 12.8 Å². The first-order valence-electron chi connectivity index (χ1n) is 8.70. The van der Waals surface area contributed by atoms with Crippen molar-refractivity contribution in [1.29, 1.82) is 0 Å². The van der Waals surface area contributed by atoms with Crippen molar-refractivity contribution in [2.75, 3.05) is 27.3 Å². The lowest BCUT2D eigenvalue weighted by Crippen LogP contribution is -2.41. The van der Waals surface area contributed by atoms with E-state index >= 15 is 0 Å². The molecule has 5 heteroatoms. The monoisotopic (exact) mass is 334 g/mol. The number of carbonyl (C=O) groups excluding carboxylic acids is 1. The molecule has 2 rings (SSSR count). The molecule has 0 bridgehead atoms. The first-order valence-corrected chi connectivity index (χ1v) is 8.70. The molecule has 1 amide bonds. The highest BCUT2D eigenvalue weighted by Crippen LogP contribution is 2.30. The molecule has 0 heterocycles. The lowest BCUT2D eigenvalue weighted by atomic mass is 10.1. The van der Waals surface area contributed by atoms with Gasteiger partial charge in [0.05, 0.1) is 26.8 Å². The molecule has 1 N–H and O–H groups in total. The van der Waals surface area contributed by atoms with Gasteiger partial charge < -0.3 is 14.8 Å². The summed E-state index contributed by atoms with van der Waals surface area (Å²) in [5.74, 6) is 2.13. The Kier molecular flexibility index (Phi) is 6.49. The van der Waals surface area contributed by atoms with Gasteiger partial charge in [0.25, 0.3) is 0 Å². The fourth-order valence-electron chi connectivity index (χ4n) is 2.98. The third kappa shape index (κ3) is 5.13. The Balaban J connectivity index is 2.00. The number of benzene rings is 1. The number of amides is 1. The number of nitrogens with one attached hydrogen (secondary N) is 1. The van der Waals surface area contributed by atoms with E-state index in [0.29, 0.717) is 18.5 Å². The zero-order valence-corrected chi connectivity index (χ0v) is 15.5. The highest BCUT2D eigenvalue weighted by Gasteiger charge is 2.30. The second-order valence-corrected chi connectivity index (χ2v) is 6.95. The molecule has 0 unspecified atom stereocenters. The van der Waals surface area contributed by atoms with Gasteiger partial charge in [-0.3, -0.25) is 9.69 Å². The van der Waals surface area contributed by atoms with Gasteiger partial charge in [0, 0.05) is 18.2 Å². The summed E-state index contributed by atoms with van der Waals surface area (Å²) in [5, 5.41) is 3.09. The van der Waals surface area contributed by atoms with E-state index in [1.54, 1.807) is 14.2 Å². The fourth-order valence-corrected chi connectivity index (χ4v) is 2.98. The fraction of sp³-hybridized carbons (Fsp3) is 0.632. The van der Waals surface area contributed by atoms with Crippen LogP contribution in [0.3, 0.4) is 0 Å². The molecule has 1 atom stereocenters. The average molecular weight is 334 g/mol. The highest BCUT2D eigenvalue weighted by atomic mass is 16.5. The minimum absolute atomic E-state index is 0.0555. The van der Waals surface area contributed by atoms with Crippen LogP contribution in [-0.2, 0) is 4.79 Å². The molecule has 1 aliphatic carbocycles. The molecule has 134 valence electrons. The van der Waals surface area contributed by atoms with Crippen LogP contribution < -0.4 is 14.8 Å². The third-order valence-corrected chi connectivity index (χ3v) is 4.29. The maximum Gasteiger partial charge on any atom is 0.234 e. The first kappa shape index (κ1) is 18.6. The Hall–Kier alpha value is -1.75. The molecule has 1 fully saturated rings. The van der Waals surface area contributed by atoms with Crippen molar-refractivity contribution in [3.63, 3.8) is 0 Å². The van der Waals surface area contributed by atoms with Crippen molar-refractivity contribution < 1.29 is 14.3 Å². The summed E-state index contributed by atoms with van der Waals surface area (Å²) in [6.45, 7) is 7.78. The lowest BCUT2D eigenvalue weighted by molar-refractivity contribution is -0.123. The molecule has 0 radical (unpaired) electrons. The molecule has 5 nitrogen and oxygen atoms in total. The zero-order chi connectivity index (χ0) is 17.7. The van der Waals surface area contributed by atoms with Crippen LogP contribution in [0.4, 0.5) is 0 Å². The number of ether oxygens (including phenoxy) is 2. The first-order chi connectivity index (χ1) is 11.4. The molecule has 1 aliphatic rings. The topological polar surface area (TPSA) is 50.8 Å². The van der Waals surface area contributed by atoms with E-state index in [-0.39, 0.29) is 11.9 Å². The predicted molar refractivity (Wildman–Crippen MR) is 95.5 cm³/mol. The van der Waals surface area contributed by atoms with Crippen LogP contribution in [0.25, 0.3) is 0 Å². The summed E-state index contributed by atoms with van der Waals surface area (Å²) >= 11 is 0. The molecular formula is C19H30N2O3. The minimum atomic E-state index is -0.136. The number of hydrogen-bond acceptors (Lipinski definition) is 4. The van der Waals surface area contributed by atoms with Gasteiger partial charge in [-0.25, -0.2) is 0 Å². The third-order valence-electron chi connectivity index (χ3n) is 4.29. The molecule has 0 aromatic heterocycles. The molecule has 1 saturated carbocycles. The number of hydrogen-bond donors (Lipinski definition) is 1. The van der Waals surface area contributed by atoms with Crippen LogP contribution in [0, 0.1) is 5.92 Å². The highest BCUT2D eigenvalue weighted by molar-refractivity contribution is 5.78. The lowest BCUT2D eigenvalue weighted by Gasteiger charge is -2.25. The second-order valence-electron chi connectivity index (χ2n) is 6.95. The summed E-state index contributed by atoms with van der Waals surface area (Å²) in [6.07, 6.45) is 2.42. The number of methoxy groups -OCH3 is 2. The van der Waals surface area contributed by atoms with Gasteiger partial charge in [0.1, 0.15) is 11.5 Å². The van der Waals surface area contributed by atoms with Crippen LogP contribution in [0.1, 0.15) is 45.2 Å². The van der Waals surface area contributed by atoms with E-state index in [2.05, 4.69) is 24.1 Å². The zero-order valence-electron chi connectivity index (χ0n) is 15.5. The molecule has 24 heavy (non-hydrogen) atoms. The van der Waals surface area contributed by atoms with Crippen molar-refractivity contribution in [1.82, 2.24) is 10.2 Å². The smallest absolute Gasteiger partial charge is 0.234 e. The molecular weight excluding hydrogens is 304 g/mol. The van der Waals surface area contributed by atoms with Gasteiger partial charge in [-0.15, -0.1) is 0 Å². The number of nitrogens with zero attached hydrogens (tertiary/aromatic N) is 1. The van der Waals surface area contributed by atoms with Crippen molar-refractivity contribution >= 4 is 5.91 Å². The summed E-state index contributed by atoms with van der Waals surface area (Å²) in [7, 11) is 3.27. The Bertz CT molecular complexity index is 556. The van der Waals surface area contributed by atoms with Crippen LogP contribution in [0.2, 0.25) is 0 Å². The van der Waals surface area contributed by atoms with Crippen LogP contribution >= 0.6 is 0 Å². The molecule has 0 saturated heterocycles. The Morgan fingerprint density at radius 1 is 1.25 bits per heavy atom. The SMILES string of the molecule is COc1ccc(OC)c([C@@H](C)NC(=O)CN(CC(C)C)C2CC2)c1. The largest absolute Gasteiger partial charge is 0.497 e. The Morgan fingerprint density at radius 2 is 1.96 bits per heavy atom. The second kappa shape index (κ2) is 8.38. The summed E-state index contributed by atoms with van der Waals surface area (Å²) in [5.41, 5.74) is 0.923. The van der Waals surface area contributed by atoms with Gasteiger partial charge in [-0.05, 0) is 43.9 Å². The standard InChI is InChI=1S/C19H30N2O3/c1-13(2)11-21(15-6-7-15)12-19(22)20-14(3)17-10-16(23-4)8-9-18(17)24-5/h8-10,13-15H,6-7,11-12H2,1-5H3,(H,20,22)/t14-/m1/s1. The molecule has 0 aliphatic heterocycles. The van der Waals surface area contributed by atoms with Gasteiger partial charge in [-0.1, -0.05) is 13.8 Å². The van der Waals surface area contributed by atoms with E-state index in [0.717, 1.165) is 23.6 Å². The van der Waals surface area contributed by atoms with Gasteiger partial charge in [0.15, 0.2) is 0 Å². The van der Waals surface area contributed by atoms with Crippen molar-refractivity contribution in [2.45, 2.75) is 45.7 Å². The predicted octanol–water partition coefficient (Wildman–Crippen LogP) is 3.00. The van der Waals surface area contributed by atoms with E-state index < -0.39 is 0 Å². The molecule has 1 aromatic carbocycles. The molecule has 1 aromatic rings. The van der Waals surface area contributed by atoms with Crippen molar-refractivity contribution in [3.8, 4) is 11.5 Å². The van der Waals surface area contributed by atoms with E-state index in [9.17, 15) is 4.79 Å². The number of rotatable bonds is 9. The Morgan fingerprint density at radius 3 is 2.50 bits per heavy atom. The Labute approximate surface area is 145 Å².